The van der Waals surface area contributed by atoms with Gasteiger partial charge in [-0.3, -0.25) is 10.2 Å². The van der Waals surface area contributed by atoms with Crippen LogP contribution in [0.2, 0.25) is 0 Å². The molecule has 2 fully saturated rings. The van der Waals surface area contributed by atoms with Gasteiger partial charge < -0.3 is 10.1 Å². The molecule has 14 heavy (non-hydrogen) atoms. The minimum Gasteiger partial charge on any atom is -0.379 e. The van der Waals surface area contributed by atoms with Gasteiger partial charge in [0.1, 0.15) is 0 Å². The summed E-state index contributed by atoms with van der Waals surface area (Å²) in [6.45, 7) is 3.95. The Bertz CT molecular complexity index is 198. The van der Waals surface area contributed by atoms with E-state index in [1.165, 1.54) is 0 Å². The molecule has 0 aliphatic carbocycles. The molecule has 2 heterocycles. The Morgan fingerprint density at radius 3 is 2.86 bits per heavy atom. The molecule has 2 saturated heterocycles. The van der Waals surface area contributed by atoms with Crippen LogP contribution in [-0.2, 0) is 9.53 Å². The van der Waals surface area contributed by atoms with Crippen LogP contribution < -0.4 is 10.7 Å². The highest BCUT2D eigenvalue weighted by molar-refractivity contribution is 5.81. The SMILES string of the molecule is O=C(NN1CCOCC1)C1CCCN1. The average molecular weight is 199 g/mol. The first kappa shape index (κ1) is 9.89. The third kappa shape index (κ3) is 2.43. The number of hydrogen-bond acceptors (Lipinski definition) is 4. The van der Waals surface area contributed by atoms with Gasteiger partial charge >= 0.3 is 0 Å². The number of amides is 1. The number of rotatable bonds is 2. The van der Waals surface area contributed by atoms with Crippen molar-refractivity contribution in [2.75, 3.05) is 32.8 Å². The van der Waals surface area contributed by atoms with E-state index >= 15 is 0 Å². The standard InChI is InChI=1S/C9H17N3O2/c13-9(8-2-1-3-10-8)11-12-4-6-14-7-5-12/h8,10H,1-7H2,(H,11,13). The van der Waals surface area contributed by atoms with Crippen LogP contribution in [0.5, 0.6) is 0 Å². The van der Waals surface area contributed by atoms with Gasteiger partial charge in [0.2, 0.25) is 0 Å². The molecule has 2 rings (SSSR count). The summed E-state index contributed by atoms with van der Waals surface area (Å²) in [5.74, 6) is 0.101. The van der Waals surface area contributed by atoms with E-state index in [0.717, 1.165) is 32.5 Å². The molecule has 0 aromatic heterocycles. The second-order valence-corrected chi connectivity index (χ2v) is 3.72. The van der Waals surface area contributed by atoms with Gasteiger partial charge in [-0.25, -0.2) is 5.01 Å². The molecule has 2 aliphatic rings. The number of carbonyl (C=O) groups excluding carboxylic acids is 1. The molecule has 2 N–H and O–H groups in total. The van der Waals surface area contributed by atoms with Crippen molar-refractivity contribution in [1.29, 1.82) is 0 Å². The fourth-order valence-electron chi connectivity index (χ4n) is 1.82. The highest BCUT2D eigenvalue weighted by Gasteiger charge is 2.23. The van der Waals surface area contributed by atoms with Gasteiger partial charge in [0.15, 0.2) is 0 Å². The van der Waals surface area contributed by atoms with Crippen molar-refractivity contribution >= 4 is 5.91 Å². The number of nitrogens with zero attached hydrogens (tertiary/aromatic N) is 1. The minimum absolute atomic E-state index is 0.0119. The summed E-state index contributed by atoms with van der Waals surface area (Å²) in [6, 6.07) is 0.0119. The molecule has 1 unspecified atom stereocenters. The van der Waals surface area contributed by atoms with Crippen LogP contribution >= 0.6 is 0 Å². The first-order valence-corrected chi connectivity index (χ1v) is 5.23. The third-order valence-corrected chi connectivity index (χ3v) is 2.66. The molecule has 0 radical (unpaired) electrons. The summed E-state index contributed by atoms with van der Waals surface area (Å²) in [5, 5.41) is 5.11. The van der Waals surface area contributed by atoms with E-state index in [4.69, 9.17) is 4.74 Å². The molecular formula is C9H17N3O2. The van der Waals surface area contributed by atoms with Crippen molar-refractivity contribution in [3.63, 3.8) is 0 Å². The molecular weight excluding hydrogens is 182 g/mol. The molecule has 0 saturated carbocycles. The Balaban J connectivity index is 1.75. The second-order valence-electron chi connectivity index (χ2n) is 3.72. The van der Waals surface area contributed by atoms with E-state index in [1.807, 2.05) is 5.01 Å². The molecule has 1 amide bonds. The third-order valence-electron chi connectivity index (χ3n) is 2.66. The normalized spacial score (nSPS) is 29.0. The van der Waals surface area contributed by atoms with Crippen LogP contribution in [0.25, 0.3) is 0 Å². The summed E-state index contributed by atoms with van der Waals surface area (Å²) in [5.41, 5.74) is 2.91. The smallest absolute Gasteiger partial charge is 0.251 e. The van der Waals surface area contributed by atoms with Crippen molar-refractivity contribution in [3.05, 3.63) is 0 Å². The average Bonchev–Trinajstić information content (AvgIpc) is 2.72. The van der Waals surface area contributed by atoms with Gasteiger partial charge in [0.25, 0.3) is 5.91 Å². The zero-order valence-electron chi connectivity index (χ0n) is 8.29. The van der Waals surface area contributed by atoms with Gasteiger partial charge in [0.05, 0.1) is 19.3 Å². The van der Waals surface area contributed by atoms with Gasteiger partial charge in [-0.2, -0.15) is 0 Å². The van der Waals surface area contributed by atoms with Crippen LogP contribution in [0.1, 0.15) is 12.8 Å². The van der Waals surface area contributed by atoms with E-state index in [9.17, 15) is 4.79 Å². The molecule has 2 aliphatic heterocycles. The number of hydrogen-bond donors (Lipinski definition) is 2. The predicted octanol–water partition coefficient (Wildman–Crippen LogP) is -0.898. The molecule has 5 heteroatoms. The minimum atomic E-state index is 0.0119. The number of morpholine rings is 1. The molecule has 0 aromatic rings. The van der Waals surface area contributed by atoms with Gasteiger partial charge in [-0.05, 0) is 19.4 Å². The highest BCUT2D eigenvalue weighted by Crippen LogP contribution is 2.05. The Labute approximate surface area is 83.8 Å². The maximum atomic E-state index is 11.7. The lowest BCUT2D eigenvalue weighted by Gasteiger charge is -2.28. The Kier molecular flexibility index (Phi) is 3.34. The fraction of sp³-hybridized carbons (Fsp3) is 0.889. The summed E-state index contributed by atoms with van der Waals surface area (Å²) in [7, 11) is 0. The maximum absolute atomic E-state index is 11.7. The predicted molar refractivity (Wildman–Crippen MR) is 51.6 cm³/mol. The first-order valence-electron chi connectivity index (χ1n) is 5.23. The molecule has 0 bridgehead atoms. The second kappa shape index (κ2) is 4.72. The number of ether oxygens (including phenoxy) is 1. The number of carbonyl (C=O) groups is 1. The highest BCUT2D eigenvalue weighted by atomic mass is 16.5. The van der Waals surface area contributed by atoms with Crippen LogP contribution in [0, 0.1) is 0 Å². The molecule has 5 nitrogen and oxygen atoms in total. The van der Waals surface area contributed by atoms with Crippen LogP contribution in [0.4, 0.5) is 0 Å². The molecule has 80 valence electrons. The molecule has 1 atom stereocenters. The molecule has 0 aromatic carbocycles. The Morgan fingerprint density at radius 1 is 1.43 bits per heavy atom. The summed E-state index contributed by atoms with van der Waals surface area (Å²) in [4.78, 5) is 11.7. The van der Waals surface area contributed by atoms with E-state index in [2.05, 4.69) is 10.7 Å². The lowest BCUT2D eigenvalue weighted by molar-refractivity contribution is -0.129. The monoisotopic (exact) mass is 199 g/mol. The number of hydrazine groups is 1. The van der Waals surface area contributed by atoms with Crippen LogP contribution in [0.15, 0.2) is 0 Å². The zero-order valence-corrected chi connectivity index (χ0v) is 8.29. The maximum Gasteiger partial charge on any atom is 0.251 e. The van der Waals surface area contributed by atoms with E-state index in [1.54, 1.807) is 0 Å². The van der Waals surface area contributed by atoms with Crippen molar-refractivity contribution in [3.8, 4) is 0 Å². The molecule has 0 spiro atoms. The fourth-order valence-corrected chi connectivity index (χ4v) is 1.82. The van der Waals surface area contributed by atoms with E-state index in [0.29, 0.717) is 13.2 Å². The van der Waals surface area contributed by atoms with Gasteiger partial charge in [-0.1, -0.05) is 0 Å². The van der Waals surface area contributed by atoms with E-state index in [-0.39, 0.29) is 11.9 Å². The van der Waals surface area contributed by atoms with Gasteiger partial charge in [0, 0.05) is 13.1 Å². The van der Waals surface area contributed by atoms with Crippen molar-refractivity contribution < 1.29 is 9.53 Å². The van der Waals surface area contributed by atoms with Gasteiger partial charge in [-0.15, -0.1) is 0 Å². The first-order chi connectivity index (χ1) is 6.86. The van der Waals surface area contributed by atoms with E-state index < -0.39 is 0 Å². The largest absolute Gasteiger partial charge is 0.379 e. The quantitative estimate of drug-likeness (QED) is 0.605. The summed E-state index contributed by atoms with van der Waals surface area (Å²) >= 11 is 0. The van der Waals surface area contributed by atoms with Crippen molar-refractivity contribution in [2.45, 2.75) is 18.9 Å². The van der Waals surface area contributed by atoms with Crippen LogP contribution in [0.3, 0.4) is 0 Å². The zero-order chi connectivity index (χ0) is 9.80. The Morgan fingerprint density at radius 2 is 2.21 bits per heavy atom. The topological polar surface area (TPSA) is 53.6 Å². The van der Waals surface area contributed by atoms with Crippen molar-refractivity contribution in [2.24, 2.45) is 0 Å². The lowest BCUT2D eigenvalue weighted by Crippen LogP contribution is -2.53. The Hall–Kier alpha value is -0.650. The lowest BCUT2D eigenvalue weighted by atomic mass is 10.2. The van der Waals surface area contributed by atoms with Crippen LogP contribution in [-0.4, -0.2) is 49.8 Å². The van der Waals surface area contributed by atoms with Crippen molar-refractivity contribution in [1.82, 2.24) is 15.8 Å². The summed E-state index contributed by atoms with van der Waals surface area (Å²) < 4.78 is 5.20. The number of nitrogens with one attached hydrogen (secondary N) is 2. The summed E-state index contributed by atoms with van der Waals surface area (Å²) in [6.07, 6.45) is 2.05.